The van der Waals surface area contributed by atoms with Crippen LogP contribution in [0.4, 0.5) is 5.69 Å². The number of hydrogen-bond acceptors (Lipinski definition) is 4. The summed E-state index contributed by atoms with van der Waals surface area (Å²) in [6.07, 6.45) is 7.68. The Balaban J connectivity index is 1.51. The van der Waals surface area contributed by atoms with Crippen LogP contribution in [0.3, 0.4) is 0 Å². The summed E-state index contributed by atoms with van der Waals surface area (Å²) in [4.78, 5) is 16.5. The van der Waals surface area contributed by atoms with E-state index in [-0.39, 0.29) is 16.0 Å². The fourth-order valence-corrected chi connectivity index (χ4v) is 3.04. The molecule has 0 saturated heterocycles. The van der Waals surface area contributed by atoms with Crippen molar-refractivity contribution >= 4 is 34.8 Å². The second-order valence-corrected chi connectivity index (χ2v) is 7.92. The number of carbonyl (C=O) groups excluding carboxylic acids is 1. The fourth-order valence-electron chi connectivity index (χ4n) is 2.58. The second-order valence-electron chi connectivity index (χ2n) is 7.10. The Bertz CT molecular complexity index is 831. The van der Waals surface area contributed by atoms with Crippen molar-refractivity contribution < 1.29 is 14.3 Å². The molecule has 142 valence electrons. The molecule has 1 heterocycles. The van der Waals surface area contributed by atoms with Gasteiger partial charge in [0.2, 0.25) is 0 Å². The minimum atomic E-state index is -0.324. The van der Waals surface area contributed by atoms with Gasteiger partial charge in [0.1, 0.15) is 0 Å². The van der Waals surface area contributed by atoms with Gasteiger partial charge in [-0.2, -0.15) is 0 Å². The van der Waals surface area contributed by atoms with Gasteiger partial charge in [-0.15, -0.1) is 0 Å². The van der Waals surface area contributed by atoms with Crippen molar-refractivity contribution in [2.24, 2.45) is 11.8 Å². The van der Waals surface area contributed by atoms with Crippen molar-refractivity contribution in [1.82, 2.24) is 4.98 Å². The number of benzene rings is 1. The van der Waals surface area contributed by atoms with Crippen LogP contribution in [0.1, 0.15) is 36.0 Å². The molecule has 4 rings (SSSR count). The Hall–Kier alpha value is -1.98. The molecule has 0 spiro atoms. The highest BCUT2D eigenvalue weighted by Gasteiger charge is 2.25. The first kappa shape index (κ1) is 18.4. The van der Waals surface area contributed by atoms with E-state index >= 15 is 0 Å². The molecule has 2 fully saturated rings. The lowest BCUT2D eigenvalue weighted by atomic mass is 10.2. The molecule has 1 aromatic carbocycles. The summed E-state index contributed by atoms with van der Waals surface area (Å²) < 4.78 is 11.8. The van der Waals surface area contributed by atoms with Crippen LogP contribution in [0.5, 0.6) is 11.5 Å². The van der Waals surface area contributed by atoms with Gasteiger partial charge >= 0.3 is 0 Å². The maximum absolute atomic E-state index is 12.7. The molecular formula is C20H20Cl2N2O3. The SMILES string of the molecule is O=C(Nc1c(Cl)cncc1Cl)c1ccc(OCC2CC2)c(OCC2CC2)c1. The number of rotatable bonds is 8. The number of nitrogens with zero attached hydrogens (tertiary/aromatic N) is 1. The fraction of sp³-hybridized carbons (Fsp3) is 0.400. The molecule has 2 saturated carbocycles. The van der Waals surface area contributed by atoms with Gasteiger partial charge in [-0.1, -0.05) is 23.2 Å². The molecule has 0 atom stereocenters. The minimum Gasteiger partial charge on any atom is -0.489 e. The highest BCUT2D eigenvalue weighted by atomic mass is 35.5. The Morgan fingerprint density at radius 2 is 1.59 bits per heavy atom. The quantitative estimate of drug-likeness (QED) is 0.652. The normalized spacial score (nSPS) is 16.1. The van der Waals surface area contributed by atoms with Crippen LogP contribution in [0.25, 0.3) is 0 Å². The Morgan fingerprint density at radius 3 is 2.19 bits per heavy atom. The molecule has 2 aromatic rings. The van der Waals surface area contributed by atoms with E-state index in [1.165, 1.54) is 38.1 Å². The van der Waals surface area contributed by atoms with Crippen molar-refractivity contribution in [2.45, 2.75) is 25.7 Å². The lowest BCUT2D eigenvalue weighted by Gasteiger charge is -2.14. The third kappa shape index (κ3) is 4.85. The van der Waals surface area contributed by atoms with Gasteiger partial charge in [0, 0.05) is 18.0 Å². The maximum Gasteiger partial charge on any atom is 0.255 e. The van der Waals surface area contributed by atoms with E-state index in [1.54, 1.807) is 18.2 Å². The first-order valence-electron chi connectivity index (χ1n) is 9.10. The largest absolute Gasteiger partial charge is 0.489 e. The molecule has 2 aliphatic carbocycles. The number of aromatic nitrogens is 1. The smallest absolute Gasteiger partial charge is 0.255 e. The number of anilines is 1. The zero-order valence-electron chi connectivity index (χ0n) is 14.7. The Morgan fingerprint density at radius 1 is 1.00 bits per heavy atom. The molecule has 0 radical (unpaired) electrons. The van der Waals surface area contributed by atoms with Crippen molar-refractivity contribution in [2.75, 3.05) is 18.5 Å². The zero-order valence-corrected chi connectivity index (χ0v) is 16.2. The lowest BCUT2D eigenvalue weighted by molar-refractivity contribution is 0.102. The molecule has 0 aliphatic heterocycles. The third-order valence-corrected chi connectivity index (χ3v) is 5.21. The van der Waals surface area contributed by atoms with Crippen molar-refractivity contribution in [3.8, 4) is 11.5 Å². The number of carbonyl (C=O) groups is 1. The van der Waals surface area contributed by atoms with Gasteiger partial charge in [-0.25, -0.2) is 0 Å². The van der Waals surface area contributed by atoms with E-state index in [9.17, 15) is 4.79 Å². The number of pyridine rings is 1. The van der Waals surface area contributed by atoms with Crippen molar-refractivity contribution in [1.29, 1.82) is 0 Å². The van der Waals surface area contributed by atoms with Gasteiger partial charge in [0.05, 0.1) is 28.9 Å². The molecule has 1 N–H and O–H groups in total. The summed E-state index contributed by atoms with van der Waals surface area (Å²) in [7, 11) is 0. The Kier molecular flexibility index (Phi) is 5.41. The van der Waals surface area contributed by atoms with Gasteiger partial charge in [-0.05, 0) is 55.7 Å². The van der Waals surface area contributed by atoms with Crippen molar-refractivity contribution in [3.63, 3.8) is 0 Å². The highest BCUT2D eigenvalue weighted by molar-refractivity contribution is 6.39. The molecule has 0 unspecified atom stereocenters. The summed E-state index contributed by atoms with van der Waals surface area (Å²) in [5.74, 6) is 2.20. The standard InChI is InChI=1S/C20H20Cl2N2O3/c21-15-8-23-9-16(22)19(15)24-20(25)14-5-6-17(26-10-12-1-2-12)18(7-14)27-11-13-3-4-13/h5-9,12-13H,1-4,10-11H2,(H,23,24,25). The highest BCUT2D eigenvalue weighted by Crippen LogP contribution is 2.36. The van der Waals surface area contributed by atoms with Crippen molar-refractivity contribution in [3.05, 3.63) is 46.2 Å². The van der Waals surface area contributed by atoms with Gasteiger partial charge in [-0.3, -0.25) is 9.78 Å². The zero-order chi connectivity index (χ0) is 18.8. The van der Waals surface area contributed by atoms with E-state index in [0.717, 1.165) is 0 Å². The van der Waals surface area contributed by atoms with Crippen LogP contribution in [0.15, 0.2) is 30.6 Å². The van der Waals surface area contributed by atoms with Crippen LogP contribution >= 0.6 is 23.2 Å². The molecule has 1 aromatic heterocycles. The first-order chi connectivity index (χ1) is 13.1. The summed E-state index contributed by atoms with van der Waals surface area (Å²) in [6.45, 7) is 1.33. The lowest BCUT2D eigenvalue weighted by Crippen LogP contribution is -2.13. The average molecular weight is 407 g/mol. The molecular weight excluding hydrogens is 387 g/mol. The first-order valence-corrected chi connectivity index (χ1v) is 9.85. The molecule has 5 nitrogen and oxygen atoms in total. The van der Waals surface area contributed by atoms with E-state index < -0.39 is 0 Å². The molecule has 7 heteroatoms. The number of hydrogen-bond donors (Lipinski definition) is 1. The maximum atomic E-state index is 12.7. The van der Waals surface area contributed by atoms with Crippen LogP contribution in [0, 0.1) is 11.8 Å². The number of amides is 1. The third-order valence-electron chi connectivity index (χ3n) is 4.64. The predicted octanol–water partition coefficient (Wildman–Crippen LogP) is 5.22. The van der Waals surface area contributed by atoms with Crippen LogP contribution in [0.2, 0.25) is 10.0 Å². The van der Waals surface area contributed by atoms with E-state index in [4.69, 9.17) is 32.7 Å². The average Bonchev–Trinajstić information content (AvgIpc) is 3.56. The minimum absolute atomic E-state index is 0.283. The summed E-state index contributed by atoms with van der Waals surface area (Å²) >= 11 is 12.2. The van der Waals surface area contributed by atoms with E-state index in [1.807, 2.05) is 0 Å². The van der Waals surface area contributed by atoms with Gasteiger partial charge in [0.25, 0.3) is 5.91 Å². The number of ether oxygens (including phenoxy) is 2. The molecule has 0 bridgehead atoms. The second kappa shape index (κ2) is 7.95. The van der Waals surface area contributed by atoms with Crippen LogP contribution in [-0.4, -0.2) is 24.1 Å². The predicted molar refractivity (Wildman–Crippen MR) is 105 cm³/mol. The monoisotopic (exact) mass is 406 g/mol. The molecule has 27 heavy (non-hydrogen) atoms. The van der Waals surface area contributed by atoms with Gasteiger partial charge in [0.15, 0.2) is 11.5 Å². The summed E-state index contributed by atoms with van der Waals surface area (Å²) in [5.41, 5.74) is 0.788. The molecule has 1 amide bonds. The van der Waals surface area contributed by atoms with Gasteiger partial charge < -0.3 is 14.8 Å². The van der Waals surface area contributed by atoms with E-state index in [2.05, 4.69) is 10.3 Å². The van der Waals surface area contributed by atoms with Crippen LogP contribution < -0.4 is 14.8 Å². The van der Waals surface area contributed by atoms with Crippen LogP contribution in [-0.2, 0) is 0 Å². The summed E-state index contributed by atoms with van der Waals surface area (Å²) in [5, 5.41) is 3.31. The number of halogens is 2. The van der Waals surface area contributed by atoms with E-state index in [0.29, 0.717) is 47.8 Å². The Labute approximate surface area is 168 Å². The topological polar surface area (TPSA) is 60.5 Å². The number of nitrogens with one attached hydrogen (secondary N) is 1. The molecule has 2 aliphatic rings. The summed E-state index contributed by atoms with van der Waals surface area (Å²) in [6, 6.07) is 5.21.